The molecule has 0 aliphatic carbocycles. The summed E-state index contributed by atoms with van der Waals surface area (Å²) in [5, 5.41) is 38.8. The highest BCUT2D eigenvalue weighted by atomic mass is 35.5. The molecule has 3 N–H and O–H groups in total. The zero-order valence-corrected chi connectivity index (χ0v) is 21.2. The van der Waals surface area contributed by atoms with Gasteiger partial charge >= 0.3 is 0 Å². The van der Waals surface area contributed by atoms with Crippen molar-refractivity contribution in [3.05, 3.63) is 59.4 Å². The van der Waals surface area contributed by atoms with Gasteiger partial charge in [-0.1, -0.05) is 17.7 Å². The predicted molar refractivity (Wildman–Crippen MR) is 140 cm³/mol. The zero-order valence-electron chi connectivity index (χ0n) is 20.4. The first-order chi connectivity index (χ1) is 18.4. The number of aromatic nitrogens is 7. The first kappa shape index (κ1) is 24.1. The van der Waals surface area contributed by atoms with Crippen molar-refractivity contribution in [3.8, 4) is 11.6 Å². The lowest BCUT2D eigenvalue weighted by Crippen LogP contribution is -2.29. The fraction of sp³-hybridized carbons (Fsp3) is 0.280. The number of phenolic OH excluding ortho intramolecular Hbond substituents is 1. The number of anilines is 1. The number of aryl methyl sites for hydroxylation is 1. The second-order valence-corrected chi connectivity index (χ2v) is 9.52. The second kappa shape index (κ2) is 9.54. The van der Waals surface area contributed by atoms with Gasteiger partial charge in [-0.15, -0.1) is 10.2 Å². The number of carbonyl (C=O) groups excluding carboxylic acids is 1. The average molecular weight is 534 g/mol. The Kier molecular flexibility index (Phi) is 6.04. The number of halogens is 1. The fourth-order valence-corrected chi connectivity index (χ4v) is 4.89. The minimum atomic E-state index is -0.508. The van der Waals surface area contributed by atoms with E-state index in [1.54, 1.807) is 50.9 Å². The van der Waals surface area contributed by atoms with E-state index >= 15 is 0 Å². The van der Waals surface area contributed by atoms with E-state index < -0.39 is 6.10 Å². The monoisotopic (exact) mass is 533 g/mol. The van der Waals surface area contributed by atoms with Gasteiger partial charge in [-0.3, -0.25) is 9.36 Å². The third-order valence-electron chi connectivity index (χ3n) is 6.66. The molecule has 1 aliphatic rings. The van der Waals surface area contributed by atoms with Crippen molar-refractivity contribution >= 4 is 45.1 Å². The largest absolute Gasteiger partial charge is 0.506 e. The summed E-state index contributed by atoms with van der Waals surface area (Å²) in [6, 6.07) is 5.00. The van der Waals surface area contributed by atoms with Crippen molar-refractivity contribution in [1.82, 2.24) is 39.4 Å². The van der Waals surface area contributed by atoms with Crippen LogP contribution in [0.3, 0.4) is 0 Å². The second-order valence-electron chi connectivity index (χ2n) is 9.12. The third-order valence-corrected chi connectivity index (χ3v) is 6.96. The molecule has 13 heteroatoms. The van der Waals surface area contributed by atoms with Crippen LogP contribution >= 0.6 is 11.6 Å². The summed E-state index contributed by atoms with van der Waals surface area (Å²) in [7, 11) is 0. The quantitative estimate of drug-likeness (QED) is 0.299. The zero-order chi connectivity index (χ0) is 26.4. The summed E-state index contributed by atoms with van der Waals surface area (Å²) < 4.78 is 3.45. The van der Waals surface area contributed by atoms with E-state index in [9.17, 15) is 15.0 Å². The summed E-state index contributed by atoms with van der Waals surface area (Å²) in [6.45, 7) is 3.82. The first-order valence-electron chi connectivity index (χ1n) is 12.2. The normalized spacial score (nSPS) is 15.6. The average Bonchev–Trinajstić information content (AvgIpc) is 3.68. The Hall–Kier alpha value is -4.29. The van der Waals surface area contributed by atoms with Gasteiger partial charge in [-0.25, -0.2) is 14.6 Å². The van der Waals surface area contributed by atoms with Crippen LogP contribution in [-0.4, -0.2) is 74.7 Å². The fourth-order valence-electron chi connectivity index (χ4n) is 4.68. The molecule has 0 bridgehead atoms. The molecule has 38 heavy (non-hydrogen) atoms. The van der Waals surface area contributed by atoms with Gasteiger partial charge in [0, 0.05) is 49.3 Å². The third kappa shape index (κ3) is 4.17. The number of β-amino-alcohol motifs (C(OH)–C–C–N with tert-alkyl or cyclic N) is 1. The summed E-state index contributed by atoms with van der Waals surface area (Å²) in [5.74, 6) is 0.764. The number of pyridine rings is 1. The number of rotatable bonds is 6. The molecule has 0 spiro atoms. The lowest BCUT2D eigenvalue weighted by Gasteiger charge is -2.13. The van der Waals surface area contributed by atoms with Crippen LogP contribution in [0.5, 0.6) is 5.75 Å². The molecular weight excluding hydrogens is 510 g/mol. The van der Waals surface area contributed by atoms with Gasteiger partial charge < -0.3 is 20.4 Å². The molecular formula is C25H24ClN9O3. The molecule has 1 atom stereocenters. The molecule has 6 rings (SSSR count). The van der Waals surface area contributed by atoms with Gasteiger partial charge in [-0.05, 0) is 31.0 Å². The minimum absolute atomic E-state index is 0.0175. The van der Waals surface area contributed by atoms with Crippen LogP contribution in [0.2, 0.25) is 5.02 Å². The highest BCUT2D eigenvalue weighted by molar-refractivity contribution is 6.32. The predicted octanol–water partition coefficient (Wildman–Crippen LogP) is 2.76. The molecule has 1 saturated heterocycles. The van der Waals surface area contributed by atoms with Crippen molar-refractivity contribution in [2.24, 2.45) is 0 Å². The number of fused-ring (bicyclic) bond motifs is 3. The van der Waals surface area contributed by atoms with Crippen LogP contribution in [0.1, 0.15) is 29.4 Å². The molecule has 5 heterocycles. The topological polar surface area (TPSA) is 147 Å². The Morgan fingerprint density at radius 2 is 2.08 bits per heavy atom. The van der Waals surface area contributed by atoms with E-state index in [0.717, 1.165) is 16.3 Å². The van der Waals surface area contributed by atoms with Crippen molar-refractivity contribution in [2.45, 2.75) is 32.5 Å². The lowest BCUT2D eigenvalue weighted by molar-refractivity contribution is 0.0759. The number of hydrogen-bond acceptors (Lipinski definition) is 9. The van der Waals surface area contributed by atoms with Crippen LogP contribution in [0.25, 0.3) is 27.6 Å². The highest BCUT2D eigenvalue weighted by Crippen LogP contribution is 2.32. The molecule has 4 aromatic heterocycles. The maximum Gasteiger partial charge on any atom is 0.274 e. The number of nitrogens with zero attached hydrogens (tertiary/aromatic N) is 8. The van der Waals surface area contributed by atoms with E-state index in [1.807, 2.05) is 6.92 Å². The number of benzene rings is 1. The molecule has 1 aliphatic heterocycles. The Bertz CT molecular complexity index is 1680. The number of carbonyl (C=O) groups is 1. The number of hydrogen-bond donors (Lipinski definition) is 3. The number of amides is 1. The molecule has 194 valence electrons. The van der Waals surface area contributed by atoms with Crippen LogP contribution in [0.4, 0.5) is 5.82 Å². The van der Waals surface area contributed by atoms with Crippen molar-refractivity contribution in [2.75, 3.05) is 18.4 Å². The molecule has 0 saturated carbocycles. The minimum Gasteiger partial charge on any atom is -0.506 e. The van der Waals surface area contributed by atoms with E-state index in [-0.39, 0.29) is 22.4 Å². The van der Waals surface area contributed by atoms with E-state index in [0.29, 0.717) is 55.3 Å². The molecule has 1 fully saturated rings. The Morgan fingerprint density at radius 1 is 1.21 bits per heavy atom. The summed E-state index contributed by atoms with van der Waals surface area (Å²) in [6.07, 6.45) is 6.66. The SMILES string of the molecule is CCn1ncc2c3c(NCc4ccc(O)c(Cl)c4)nnc(-n4cnc(C(=O)N5CCC(O)C5)c4)c3cnc21. The Balaban J connectivity index is 1.41. The number of likely N-dealkylation sites (tertiary alicyclic amines) is 1. The molecule has 0 radical (unpaired) electrons. The molecule has 12 nitrogen and oxygen atoms in total. The van der Waals surface area contributed by atoms with Crippen molar-refractivity contribution in [3.63, 3.8) is 0 Å². The molecule has 1 amide bonds. The maximum absolute atomic E-state index is 12.9. The van der Waals surface area contributed by atoms with Crippen LogP contribution in [-0.2, 0) is 13.1 Å². The molecule has 5 aromatic rings. The van der Waals surface area contributed by atoms with Crippen molar-refractivity contribution < 1.29 is 15.0 Å². The Morgan fingerprint density at radius 3 is 2.84 bits per heavy atom. The van der Waals surface area contributed by atoms with Crippen LogP contribution in [0.15, 0.2) is 43.1 Å². The van der Waals surface area contributed by atoms with E-state index in [2.05, 4.69) is 30.6 Å². The summed E-state index contributed by atoms with van der Waals surface area (Å²) in [4.78, 5) is 23.4. The summed E-state index contributed by atoms with van der Waals surface area (Å²) >= 11 is 6.08. The number of aromatic hydroxyl groups is 1. The van der Waals surface area contributed by atoms with Gasteiger partial charge in [0.05, 0.1) is 22.7 Å². The number of imidazole rings is 1. The van der Waals surface area contributed by atoms with Gasteiger partial charge in [-0.2, -0.15) is 5.10 Å². The Labute approximate surface area is 221 Å². The van der Waals surface area contributed by atoms with Crippen LogP contribution in [0, 0.1) is 0 Å². The van der Waals surface area contributed by atoms with Gasteiger partial charge in [0.1, 0.15) is 17.8 Å². The number of nitrogens with one attached hydrogen (secondary N) is 1. The van der Waals surface area contributed by atoms with Gasteiger partial charge in [0.2, 0.25) is 0 Å². The van der Waals surface area contributed by atoms with Gasteiger partial charge in [0.25, 0.3) is 5.91 Å². The smallest absolute Gasteiger partial charge is 0.274 e. The van der Waals surface area contributed by atoms with E-state index in [1.165, 1.54) is 6.33 Å². The highest BCUT2D eigenvalue weighted by Gasteiger charge is 2.27. The number of aliphatic hydroxyl groups is 1. The first-order valence-corrected chi connectivity index (χ1v) is 12.5. The van der Waals surface area contributed by atoms with Crippen molar-refractivity contribution in [1.29, 1.82) is 0 Å². The van der Waals surface area contributed by atoms with Gasteiger partial charge in [0.15, 0.2) is 17.3 Å². The summed E-state index contributed by atoms with van der Waals surface area (Å²) in [5.41, 5.74) is 1.82. The lowest BCUT2D eigenvalue weighted by atomic mass is 10.1. The number of aliphatic hydroxyl groups excluding tert-OH is 1. The molecule has 1 unspecified atom stereocenters. The number of phenols is 1. The van der Waals surface area contributed by atoms with Crippen LogP contribution < -0.4 is 5.32 Å². The molecule has 1 aromatic carbocycles. The van der Waals surface area contributed by atoms with E-state index in [4.69, 9.17) is 11.6 Å². The standard InChI is InChI=1S/C25H24ClN9O3/c1-2-35-23-17(10-30-35)21-16(9-28-23)24(32-31-22(21)27-8-14-3-4-20(37)18(26)7-14)34-12-19(29-13-34)25(38)33-6-5-15(36)11-33/h3-4,7,9-10,12-13,15,36-37H,2,5-6,8,11H2,1H3,(H,27,31). The maximum atomic E-state index is 12.9.